The highest BCUT2D eigenvalue weighted by Crippen LogP contribution is 2.37. The molecule has 0 aliphatic heterocycles. The topological polar surface area (TPSA) is 44.8 Å². The molecule has 2 aromatic rings. The maximum absolute atomic E-state index is 12.5. The lowest BCUT2D eigenvalue weighted by molar-refractivity contribution is -0.143. The fourth-order valence-corrected chi connectivity index (χ4v) is 2.99. The summed E-state index contributed by atoms with van der Waals surface area (Å²) in [7, 11) is 4.69. The third-order valence-corrected chi connectivity index (χ3v) is 4.32. The molecule has 4 heteroatoms. The molecule has 0 aromatic heterocycles. The predicted molar refractivity (Wildman–Crippen MR) is 93.8 cm³/mol. The zero-order valence-corrected chi connectivity index (χ0v) is 14.6. The Bertz CT molecular complexity index is 646. The number of benzene rings is 2. The largest absolute Gasteiger partial charge is 0.497 e. The van der Waals surface area contributed by atoms with Crippen LogP contribution in [-0.4, -0.2) is 27.3 Å². The van der Waals surface area contributed by atoms with E-state index in [4.69, 9.17) is 14.2 Å². The molecule has 2 atom stereocenters. The molecule has 0 aliphatic rings. The first-order valence-electron chi connectivity index (χ1n) is 8.00. The first-order chi connectivity index (χ1) is 11.6. The third-order valence-electron chi connectivity index (χ3n) is 4.32. The smallest absolute Gasteiger partial charge is 0.313 e. The van der Waals surface area contributed by atoms with Crippen LogP contribution in [0.1, 0.15) is 36.3 Å². The molecule has 0 radical (unpaired) electrons. The monoisotopic (exact) mass is 328 g/mol. The molecule has 0 aliphatic carbocycles. The average Bonchev–Trinajstić information content (AvgIpc) is 2.65. The quantitative estimate of drug-likeness (QED) is 0.716. The summed E-state index contributed by atoms with van der Waals surface area (Å²) in [5.74, 6) is 0.992. The maximum atomic E-state index is 12.5. The first kappa shape index (κ1) is 17.9. The number of hydrogen-bond acceptors (Lipinski definition) is 4. The summed E-state index contributed by atoms with van der Waals surface area (Å²) in [6, 6.07) is 15.4. The Morgan fingerprint density at radius 3 is 1.67 bits per heavy atom. The normalized spacial score (nSPS) is 13.0. The van der Waals surface area contributed by atoms with Crippen molar-refractivity contribution in [3.63, 3.8) is 0 Å². The van der Waals surface area contributed by atoms with Gasteiger partial charge in [0.15, 0.2) is 0 Å². The molecule has 0 N–H and O–H groups in total. The molecular formula is C20H24O4. The van der Waals surface area contributed by atoms with Crippen LogP contribution in [0, 0.1) is 0 Å². The summed E-state index contributed by atoms with van der Waals surface area (Å²) < 4.78 is 15.5. The number of esters is 1. The molecule has 24 heavy (non-hydrogen) atoms. The number of carbonyl (C=O) groups is 1. The van der Waals surface area contributed by atoms with Crippen molar-refractivity contribution in [3.05, 3.63) is 59.7 Å². The average molecular weight is 328 g/mol. The van der Waals surface area contributed by atoms with Gasteiger partial charge in [0.2, 0.25) is 0 Å². The van der Waals surface area contributed by atoms with Crippen LogP contribution in [0.5, 0.6) is 11.5 Å². The van der Waals surface area contributed by atoms with Crippen LogP contribution in [-0.2, 0) is 9.53 Å². The minimum Gasteiger partial charge on any atom is -0.497 e. The summed E-state index contributed by atoms with van der Waals surface area (Å²) in [4.78, 5) is 12.5. The summed E-state index contributed by atoms with van der Waals surface area (Å²) in [5.41, 5.74) is 2.01. The second kappa shape index (κ2) is 8.39. The molecule has 0 fully saturated rings. The van der Waals surface area contributed by atoms with Crippen molar-refractivity contribution in [2.45, 2.75) is 25.2 Å². The molecule has 2 aromatic carbocycles. The van der Waals surface area contributed by atoms with Gasteiger partial charge in [-0.15, -0.1) is 0 Å². The Balaban J connectivity index is 2.40. The SMILES string of the molecule is CC[C@@H](c1ccc(OC)cc1)[C@H](C(=O)OC)c1ccc(OC)cc1. The van der Waals surface area contributed by atoms with Crippen LogP contribution in [0.2, 0.25) is 0 Å². The molecule has 4 nitrogen and oxygen atoms in total. The van der Waals surface area contributed by atoms with Gasteiger partial charge in [0, 0.05) is 5.92 Å². The van der Waals surface area contributed by atoms with Crippen LogP contribution in [0.3, 0.4) is 0 Å². The van der Waals surface area contributed by atoms with Crippen LogP contribution in [0.4, 0.5) is 0 Å². The lowest BCUT2D eigenvalue weighted by Gasteiger charge is -2.25. The number of methoxy groups -OCH3 is 3. The van der Waals surface area contributed by atoms with Gasteiger partial charge in [-0.05, 0) is 41.8 Å². The van der Waals surface area contributed by atoms with E-state index >= 15 is 0 Å². The highest BCUT2D eigenvalue weighted by molar-refractivity contribution is 5.79. The van der Waals surface area contributed by atoms with E-state index in [0.29, 0.717) is 0 Å². The van der Waals surface area contributed by atoms with E-state index in [1.165, 1.54) is 7.11 Å². The summed E-state index contributed by atoms with van der Waals surface area (Å²) in [5, 5.41) is 0. The van der Waals surface area contributed by atoms with Crippen molar-refractivity contribution >= 4 is 5.97 Å². The lowest BCUT2D eigenvalue weighted by atomic mass is 9.80. The van der Waals surface area contributed by atoms with Gasteiger partial charge in [-0.25, -0.2) is 0 Å². The summed E-state index contributed by atoms with van der Waals surface area (Å²) in [6.45, 7) is 2.08. The van der Waals surface area contributed by atoms with Crippen LogP contribution < -0.4 is 9.47 Å². The van der Waals surface area contributed by atoms with Gasteiger partial charge >= 0.3 is 5.97 Å². The molecule has 0 spiro atoms. The van der Waals surface area contributed by atoms with Crippen LogP contribution in [0.25, 0.3) is 0 Å². The van der Waals surface area contributed by atoms with E-state index < -0.39 is 0 Å². The van der Waals surface area contributed by atoms with Gasteiger partial charge in [0.25, 0.3) is 0 Å². The molecule has 128 valence electrons. The van der Waals surface area contributed by atoms with Gasteiger partial charge in [0.05, 0.1) is 27.2 Å². The summed E-state index contributed by atoms with van der Waals surface area (Å²) >= 11 is 0. The van der Waals surface area contributed by atoms with Crippen molar-refractivity contribution in [2.75, 3.05) is 21.3 Å². The van der Waals surface area contributed by atoms with Gasteiger partial charge in [-0.2, -0.15) is 0 Å². The molecule has 0 saturated heterocycles. The number of ether oxygens (including phenoxy) is 3. The molecule has 0 saturated carbocycles. The van der Waals surface area contributed by atoms with Crippen LogP contribution in [0.15, 0.2) is 48.5 Å². The van der Waals surface area contributed by atoms with Crippen LogP contribution >= 0.6 is 0 Å². The Labute approximate surface area is 143 Å². The lowest BCUT2D eigenvalue weighted by Crippen LogP contribution is -2.21. The van der Waals surface area contributed by atoms with E-state index in [-0.39, 0.29) is 17.8 Å². The second-order valence-electron chi connectivity index (χ2n) is 5.56. The van der Waals surface area contributed by atoms with Crippen molar-refractivity contribution in [3.8, 4) is 11.5 Å². The predicted octanol–water partition coefficient (Wildman–Crippen LogP) is 4.15. The molecule has 2 rings (SSSR count). The van der Waals surface area contributed by atoms with Crippen molar-refractivity contribution in [1.82, 2.24) is 0 Å². The standard InChI is InChI=1S/C20H24O4/c1-5-18(14-6-10-16(22-2)11-7-14)19(20(21)24-4)15-8-12-17(23-3)13-9-15/h6-13,18-19H,5H2,1-4H3/t18-,19+/m0/s1. The fraction of sp³-hybridized carbons (Fsp3) is 0.350. The summed E-state index contributed by atoms with van der Waals surface area (Å²) in [6.07, 6.45) is 0.818. The van der Waals surface area contributed by atoms with Gasteiger partial charge in [-0.1, -0.05) is 31.2 Å². The minimum atomic E-state index is -0.362. The Kier molecular flexibility index (Phi) is 6.24. The zero-order chi connectivity index (χ0) is 17.5. The van der Waals surface area contributed by atoms with E-state index in [9.17, 15) is 4.79 Å². The van der Waals surface area contributed by atoms with Gasteiger partial charge in [0.1, 0.15) is 11.5 Å². The van der Waals surface area contributed by atoms with Gasteiger partial charge < -0.3 is 14.2 Å². The molecule has 0 bridgehead atoms. The molecule has 0 heterocycles. The van der Waals surface area contributed by atoms with Crippen molar-refractivity contribution in [2.24, 2.45) is 0 Å². The minimum absolute atomic E-state index is 0.0248. The highest BCUT2D eigenvalue weighted by Gasteiger charge is 2.31. The van der Waals surface area contributed by atoms with Crippen molar-refractivity contribution < 1.29 is 19.0 Å². The van der Waals surface area contributed by atoms with E-state index in [0.717, 1.165) is 29.0 Å². The van der Waals surface area contributed by atoms with Gasteiger partial charge in [-0.3, -0.25) is 4.79 Å². The number of hydrogen-bond donors (Lipinski definition) is 0. The van der Waals surface area contributed by atoms with E-state index in [1.807, 2.05) is 48.5 Å². The molecule has 0 unspecified atom stereocenters. The first-order valence-corrected chi connectivity index (χ1v) is 8.00. The maximum Gasteiger partial charge on any atom is 0.313 e. The highest BCUT2D eigenvalue weighted by atomic mass is 16.5. The second-order valence-corrected chi connectivity index (χ2v) is 5.56. The fourth-order valence-electron chi connectivity index (χ4n) is 2.99. The Morgan fingerprint density at radius 1 is 0.833 bits per heavy atom. The third kappa shape index (κ3) is 3.88. The Morgan fingerprint density at radius 2 is 1.29 bits per heavy atom. The van der Waals surface area contributed by atoms with E-state index in [1.54, 1.807) is 14.2 Å². The number of rotatable bonds is 7. The molecular weight excluding hydrogens is 304 g/mol. The number of carbonyl (C=O) groups excluding carboxylic acids is 1. The van der Waals surface area contributed by atoms with Crippen molar-refractivity contribution in [1.29, 1.82) is 0 Å². The van der Waals surface area contributed by atoms with E-state index in [2.05, 4.69) is 6.92 Å². The molecule has 0 amide bonds. The zero-order valence-electron chi connectivity index (χ0n) is 14.6. The Hall–Kier alpha value is -2.49.